The number of ether oxygens (including phenoxy) is 1. The highest BCUT2D eigenvalue weighted by Crippen LogP contribution is 2.21. The van der Waals surface area contributed by atoms with Crippen LogP contribution in [-0.2, 0) is 27.4 Å². The minimum atomic E-state index is -0.608. The molecule has 0 radical (unpaired) electrons. The second kappa shape index (κ2) is 9.04. The molecule has 0 saturated carbocycles. The van der Waals surface area contributed by atoms with E-state index in [0.717, 1.165) is 5.56 Å². The standard InChI is InChI=1S/C22H23N5O5/c1-32-22(31)17-13-26(12-16-19(17)24-25-21(16)30)8-7-23-20(29)15-9-18(28)27(11-15)10-14-5-3-2-4-6-14/h2-6,12-13,15H,7-11H2,1H3,(H,23,29)(H,25,30)/t15-/m1/s1. The molecule has 1 aromatic rings. The van der Waals surface area contributed by atoms with Gasteiger partial charge in [-0.25, -0.2) is 9.89 Å². The van der Waals surface area contributed by atoms with Crippen molar-refractivity contribution in [2.45, 2.75) is 19.5 Å². The average Bonchev–Trinajstić information content (AvgIpc) is 3.36. The maximum atomic E-state index is 12.6. The minimum Gasteiger partial charge on any atom is -0.465 e. The Labute approximate surface area is 183 Å². The van der Waals surface area contributed by atoms with Crippen molar-refractivity contribution in [2.24, 2.45) is 5.92 Å². The number of carbonyl (C=O) groups is 3. The van der Waals surface area contributed by atoms with E-state index in [9.17, 15) is 19.2 Å². The molecule has 4 rings (SSSR count). The molecule has 1 atom stereocenters. The summed E-state index contributed by atoms with van der Waals surface area (Å²) in [7, 11) is 1.25. The highest BCUT2D eigenvalue weighted by Gasteiger charge is 2.34. The molecule has 166 valence electrons. The van der Waals surface area contributed by atoms with Crippen molar-refractivity contribution in [3.63, 3.8) is 0 Å². The summed E-state index contributed by atoms with van der Waals surface area (Å²) in [6.07, 6.45) is 3.28. The van der Waals surface area contributed by atoms with Crippen LogP contribution in [0.4, 0.5) is 0 Å². The van der Waals surface area contributed by atoms with Gasteiger partial charge in [-0.05, 0) is 5.56 Å². The number of esters is 1. The predicted molar refractivity (Wildman–Crippen MR) is 114 cm³/mol. The Morgan fingerprint density at radius 1 is 1.22 bits per heavy atom. The van der Waals surface area contributed by atoms with Gasteiger partial charge in [-0.1, -0.05) is 30.3 Å². The fourth-order valence-corrected chi connectivity index (χ4v) is 3.84. The molecular formula is C22H23N5O5. The van der Waals surface area contributed by atoms with Gasteiger partial charge in [0.25, 0.3) is 5.56 Å². The fourth-order valence-electron chi connectivity index (χ4n) is 3.84. The van der Waals surface area contributed by atoms with Crippen molar-refractivity contribution in [2.75, 3.05) is 20.2 Å². The van der Waals surface area contributed by atoms with Crippen LogP contribution in [0.3, 0.4) is 0 Å². The zero-order valence-electron chi connectivity index (χ0n) is 17.5. The monoisotopic (exact) mass is 437 g/mol. The summed E-state index contributed by atoms with van der Waals surface area (Å²) in [4.78, 5) is 50.6. The van der Waals surface area contributed by atoms with Gasteiger partial charge in [-0.3, -0.25) is 14.4 Å². The molecule has 2 N–H and O–H groups in total. The number of rotatable bonds is 7. The number of hydrogen-bond acceptors (Lipinski definition) is 6. The third-order valence-corrected chi connectivity index (χ3v) is 5.49. The molecule has 10 nitrogen and oxygen atoms in total. The van der Waals surface area contributed by atoms with Gasteiger partial charge in [0, 0.05) is 45.0 Å². The lowest BCUT2D eigenvalue weighted by molar-refractivity contribution is -0.129. The number of nitrogens with zero attached hydrogens (tertiary/aromatic N) is 3. The van der Waals surface area contributed by atoms with E-state index in [1.165, 1.54) is 13.3 Å². The summed E-state index contributed by atoms with van der Waals surface area (Å²) in [6, 6.07) is 9.65. The molecule has 0 spiro atoms. The van der Waals surface area contributed by atoms with Crippen LogP contribution >= 0.6 is 0 Å². The maximum Gasteiger partial charge on any atom is 0.341 e. The Morgan fingerprint density at radius 2 is 2.00 bits per heavy atom. The zero-order chi connectivity index (χ0) is 22.7. The van der Waals surface area contributed by atoms with Gasteiger partial charge in [-0.15, -0.1) is 0 Å². The van der Waals surface area contributed by atoms with Crippen LogP contribution in [0.5, 0.6) is 0 Å². The van der Waals surface area contributed by atoms with Gasteiger partial charge in [-0.2, -0.15) is 5.10 Å². The van der Waals surface area contributed by atoms with E-state index in [1.807, 2.05) is 30.3 Å². The Kier molecular flexibility index (Phi) is 6.02. The third-order valence-electron chi connectivity index (χ3n) is 5.49. The van der Waals surface area contributed by atoms with Gasteiger partial charge < -0.3 is 19.5 Å². The Hall–Kier alpha value is -3.95. The first-order valence-corrected chi connectivity index (χ1v) is 10.2. The maximum absolute atomic E-state index is 12.6. The lowest BCUT2D eigenvalue weighted by atomic mass is 10.1. The number of H-pyrrole nitrogens is 1. The molecule has 10 heteroatoms. The van der Waals surface area contributed by atoms with E-state index < -0.39 is 17.4 Å². The van der Waals surface area contributed by atoms with Crippen molar-refractivity contribution in [3.8, 4) is 11.3 Å². The fraction of sp³-hybridized carbons (Fsp3) is 0.318. The number of methoxy groups -OCH3 is 1. The summed E-state index contributed by atoms with van der Waals surface area (Å²) >= 11 is 0. The van der Waals surface area contributed by atoms with E-state index in [0.29, 0.717) is 19.6 Å². The zero-order valence-corrected chi connectivity index (χ0v) is 17.5. The van der Waals surface area contributed by atoms with Crippen molar-refractivity contribution < 1.29 is 19.1 Å². The van der Waals surface area contributed by atoms with Crippen LogP contribution in [0.25, 0.3) is 11.3 Å². The number of hydrogen-bond donors (Lipinski definition) is 2. The molecule has 3 aliphatic rings. The smallest absolute Gasteiger partial charge is 0.341 e. The summed E-state index contributed by atoms with van der Waals surface area (Å²) < 4.78 is 6.40. The van der Waals surface area contributed by atoms with Crippen LogP contribution in [-0.4, -0.2) is 57.6 Å². The highest BCUT2D eigenvalue weighted by molar-refractivity contribution is 5.96. The molecule has 3 heterocycles. The Morgan fingerprint density at radius 3 is 2.75 bits per heavy atom. The first-order valence-electron chi connectivity index (χ1n) is 10.2. The first-order chi connectivity index (χ1) is 15.5. The first kappa shape index (κ1) is 21.3. The number of carbonyl (C=O) groups excluding carboxylic acids is 3. The van der Waals surface area contributed by atoms with Crippen LogP contribution in [0.1, 0.15) is 22.3 Å². The molecule has 2 amide bonds. The molecule has 0 bridgehead atoms. The van der Waals surface area contributed by atoms with E-state index in [2.05, 4.69) is 15.5 Å². The summed E-state index contributed by atoms with van der Waals surface area (Å²) in [5.74, 6) is -1.26. The van der Waals surface area contributed by atoms with Crippen molar-refractivity contribution >= 4 is 17.8 Å². The molecular weight excluding hydrogens is 414 g/mol. The van der Waals surface area contributed by atoms with Gasteiger partial charge in [0.1, 0.15) is 11.3 Å². The van der Waals surface area contributed by atoms with Crippen molar-refractivity contribution in [3.05, 3.63) is 64.2 Å². The summed E-state index contributed by atoms with van der Waals surface area (Å²) in [6.45, 7) is 1.45. The van der Waals surface area contributed by atoms with Crippen molar-refractivity contribution in [1.82, 2.24) is 25.0 Å². The molecule has 32 heavy (non-hydrogen) atoms. The van der Waals surface area contributed by atoms with Crippen LogP contribution < -0.4 is 10.9 Å². The molecule has 1 fully saturated rings. The summed E-state index contributed by atoms with van der Waals surface area (Å²) in [5, 5.41) is 9.04. The predicted octanol–water partition coefficient (Wildman–Crippen LogP) is 0.628. The summed E-state index contributed by atoms with van der Waals surface area (Å²) in [5.41, 5.74) is 1.27. The molecule has 0 unspecified atom stereocenters. The van der Waals surface area contributed by atoms with Gasteiger partial charge in [0.05, 0.1) is 18.6 Å². The van der Waals surface area contributed by atoms with Crippen LogP contribution in [0.15, 0.2) is 47.5 Å². The number of pyridine rings is 1. The number of benzene rings is 1. The number of fused-ring (bicyclic) bond motifs is 1. The van der Waals surface area contributed by atoms with E-state index in [1.54, 1.807) is 15.7 Å². The van der Waals surface area contributed by atoms with Gasteiger partial charge in [0.2, 0.25) is 11.8 Å². The molecule has 1 aromatic carbocycles. The lowest BCUT2D eigenvalue weighted by Crippen LogP contribution is -2.34. The van der Waals surface area contributed by atoms with E-state index in [4.69, 9.17) is 4.74 Å². The molecule has 0 aromatic heterocycles. The van der Waals surface area contributed by atoms with E-state index >= 15 is 0 Å². The second-order valence-corrected chi connectivity index (χ2v) is 7.67. The third kappa shape index (κ3) is 4.39. The quantitative estimate of drug-likeness (QED) is 0.522. The minimum absolute atomic E-state index is 0.0421. The average molecular weight is 437 g/mol. The Bertz CT molecular complexity index is 1170. The van der Waals surface area contributed by atoms with Gasteiger partial charge in [0.15, 0.2) is 0 Å². The van der Waals surface area contributed by atoms with Crippen LogP contribution in [0, 0.1) is 5.92 Å². The van der Waals surface area contributed by atoms with Gasteiger partial charge >= 0.3 is 5.97 Å². The number of nitrogens with one attached hydrogen (secondary N) is 2. The molecule has 0 aliphatic carbocycles. The number of aromatic nitrogens is 3. The second-order valence-electron chi connectivity index (χ2n) is 7.67. The number of likely N-dealkylation sites (tertiary alicyclic amines) is 1. The lowest BCUT2D eigenvalue weighted by Gasteiger charge is -2.17. The molecule has 1 saturated heterocycles. The largest absolute Gasteiger partial charge is 0.465 e. The van der Waals surface area contributed by atoms with Crippen molar-refractivity contribution in [1.29, 1.82) is 0 Å². The number of aromatic amines is 1. The van der Waals surface area contributed by atoms with E-state index in [-0.39, 0.29) is 41.6 Å². The number of amides is 2. The Balaban J connectivity index is 1.36. The normalized spacial score (nSPS) is 15.8. The SMILES string of the molecule is COC(=O)c1cn(CCNC(=O)[C@@H]2CC(=O)N(Cc3ccccc3)C2)cc2c(=O)[nH]nc1-2. The molecule has 3 aliphatic heterocycles. The highest BCUT2D eigenvalue weighted by atomic mass is 16.5. The van der Waals surface area contributed by atoms with Crippen LogP contribution in [0.2, 0.25) is 0 Å². The topological polar surface area (TPSA) is 126 Å².